The molecule has 5 rings (SSSR count). The number of hydrogen-bond acceptors (Lipinski definition) is 3. The maximum absolute atomic E-state index is 10.1. The third kappa shape index (κ3) is 2.72. The van der Waals surface area contributed by atoms with Crippen molar-refractivity contribution in [3.63, 3.8) is 0 Å². The molecule has 0 bridgehead atoms. The van der Waals surface area contributed by atoms with E-state index in [2.05, 4.69) is 52.7 Å². The molecule has 1 N–H and O–H groups in total. The highest BCUT2D eigenvalue weighted by Gasteiger charge is 2.10. The van der Waals surface area contributed by atoms with E-state index in [1.165, 1.54) is 15.6 Å². The molecule has 27 heavy (non-hydrogen) atoms. The van der Waals surface area contributed by atoms with Crippen LogP contribution in [0.5, 0.6) is 5.75 Å². The van der Waals surface area contributed by atoms with Crippen molar-refractivity contribution in [3.05, 3.63) is 84.4 Å². The number of aromatic nitrogens is 3. The second-order valence-corrected chi connectivity index (χ2v) is 6.75. The van der Waals surface area contributed by atoms with Crippen LogP contribution < -0.4 is 0 Å². The van der Waals surface area contributed by atoms with E-state index in [0.717, 1.165) is 27.7 Å². The predicted octanol–water partition coefficient (Wildman–Crippen LogP) is 5.25. The summed E-state index contributed by atoms with van der Waals surface area (Å²) in [6.07, 6.45) is 0. The van der Waals surface area contributed by atoms with E-state index < -0.39 is 0 Å². The van der Waals surface area contributed by atoms with Gasteiger partial charge in [0.2, 0.25) is 0 Å². The van der Waals surface area contributed by atoms with Crippen LogP contribution >= 0.6 is 0 Å². The van der Waals surface area contributed by atoms with Crippen molar-refractivity contribution in [2.45, 2.75) is 6.92 Å². The van der Waals surface area contributed by atoms with Crippen LogP contribution in [0.25, 0.3) is 38.6 Å². The highest BCUT2D eigenvalue weighted by Crippen LogP contribution is 2.28. The van der Waals surface area contributed by atoms with Crippen LogP contribution in [0.1, 0.15) is 5.56 Å². The molecule has 4 aromatic carbocycles. The smallest absolute Gasteiger partial charge is 0.143 e. The second-order valence-electron chi connectivity index (χ2n) is 6.75. The van der Waals surface area contributed by atoms with Crippen molar-refractivity contribution >= 4 is 21.8 Å². The van der Waals surface area contributed by atoms with Crippen molar-refractivity contribution in [2.24, 2.45) is 0 Å². The highest BCUT2D eigenvalue weighted by atomic mass is 16.3. The molecule has 0 atom stereocenters. The molecule has 5 aromatic rings. The van der Waals surface area contributed by atoms with Gasteiger partial charge in [-0.2, -0.15) is 0 Å². The Labute approximate surface area is 156 Å². The van der Waals surface area contributed by atoms with Crippen molar-refractivity contribution < 1.29 is 5.11 Å². The van der Waals surface area contributed by atoms with Gasteiger partial charge < -0.3 is 5.11 Å². The van der Waals surface area contributed by atoms with Crippen LogP contribution in [-0.4, -0.2) is 20.1 Å². The average Bonchev–Trinajstić information content (AvgIpc) is 3.12. The lowest BCUT2D eigenvalue weighted by Crippen LogP contribution is -1.99. The topological polar surface area (TPSA) is 50.9 Å². The Kier molecular flexibility index (Phi) is 3.44. The van der Waals surface area contributed by atoms with E-state index in [4.69, 9.17) is 0 Å². The number of benzene rings is 4. The van der Waals surface area contributed by atoms with Crippen LogP contribution in [0.2, 0.25) is 0 Å². The molecule has 0 saturated carbocycles. The first-order valence-electron chi connectivity index (χ1n) is 8.84. The first kappa shape index (κ1) is 15.6. The molecule has 4 nitrogen and oxygen atoms in total. The van der Waals surface area contributed by atoms with E-state index in [9.17, 15) is 5.11 Å². The van der Waals surface area contributed by atoms with Crippen LogP contribution in [-0.2, 0) is 0 Å². The molecule has 4 heteroatoms. The van der Waals surface area contributed by atoms with E-state index in [1.54, 1.807) is 6.07 Å². The van der Waals surface area contributed by atoms with E-state index in [1.807, 2.05) is 37.3 Å². The van der Waals surface area contributed by atoms with Gasteiger partial charge in [0.15, 0.2) is 0 Å². The van der Waals surface area contributed by atoms with Gasteiger partial charge in [-0.15, -0.1) is 15.0 Å². The lowest BCUT2D eigenvalue weighted by molar-refractivity contribution is 0.467. The summed E-state index contributed by atoms with van der Waals surface area (Å²) in [4.78, 5) is 1.50. The predicted molar refractivity (Wildman–Crippen MR) is 108 cm³/mol. The summed E-state index contributed by atoms with van der Waals surface area (Å²) in [5, 5.41) is 21.7. The second kappa shape index (κ2) is 5.95. The normalized spacial score (nSPS) is 11.3. The number of aromatic hydroxyl groups is 1. The van der Waals surface area contributed by atoms with Gasteiger partial charge >= 0.3 is 0 Å². The molecule has 0 unspecified atom stereocenters. The minimum absolute atomic E-state index is 0.163. The summed E-state index contributed by atoms with van der Waals surface area (Å²) in [6, 6.07) is 26.2. The van der Waals surface area contributed by atoms with Gasteiger partial charge in [-0.1, -0.05) is 48.5 Å². The maximum atomic E-state index is 10.1. The number of aryl methyl sites for hydroxylation is 1. The van der Waals surface area contributed by atoms with E-state index in [-0.39, 0.29) is 5.75 Å². The summed E-state index contributed by atoms with van der Waals surface area (Å²) in [5.74, 6) is 0.163. The fourth-order valence-electron chi connectivity index (χ4n) is 3.36. The summed E-state index contributed by atoms with van der Waals surface area (Å²) in [6.45, 7) is 1.98. The molecule has 0 amide bonds. The van der Waals surface area contributed by atoms with Gasteiger partial charge in [-0.05, 0) is 64.7 Å². The average molecular weight is 351 g/mol. The fraction of sp³-hybridized carbons (Fsp3) is 0.0435. The van der Waals surface area contributed by atoms with Crippen LogP contribution in [0.3, 0.4) is 0 Å². The summed E-state index contributed by atoms with van der Waals surface area (Å²) in [5.41, 5.74) is 5.44. The van der Waals surface area contributed by atoms with Crippen LogP contribution in [0.4, 0.5) is 0 Å². The monoisotopic (exact) mass is 351 g/mol. The van der Waals surface area contributed by atoms with Crippen LogP contribution in [0, 0.1) is 6.92 Å². The molecule has 0 saturated heterocycles. The lowest BCUT2D eigenvalue weighted by Gasteiger charge is -2.04. The molecule has 0 fully saturated rings. The lowest BCUT2D eigenvalue weighted by atomic mass is 10.0. The number of phenols is 1. The first-order chi connectivity index (χ1) is 13.2. The van der Waals surface area contributed by atoms with Gasteiger partial charge in [0.25, 0.3) is 0 Å². The molecule has 1 heterocycles. The molecule has 1 aromatic heterocycles. The largest absolute Gasteiger partial charge is 0.506 e. The molecule has 0 radical (unpaired) electrons. The molecular weight excluding hydrogens is 334 g/mol. The minimum Gasteiger partial charge on any atom is -0.506 e. The van der Waals surface area contributed by atoms with Gasteiger partial charge in [-0.25, -0.2) is 0 Å². The number of nitrogens with zero attached hydrogens (tertiary/aromatic N) is 3. The number of fused-ring (bicyclic) bond motifs is 2. The molecule has 0 aliphatic carbocycles. The van der Waals surface area contributed by atoms with Gasteiger partial charge in [-0.3, -0.25) is 0 Å². The fourth-order valence-corrected chi connectivity index (χ4v) is 3.36. The Morgan fingerprint density at radius 1 is 0.704 bits per heavy atom. The number of rotatable bonds is 2. The van der Waals surface area contributed by atoms with Crippen molar-refractivity contribution in [2.75, 3.05) is 0 Å². The van der Waals surface area contributed by atoms with Crippen LogP contribution in [0.15, 0.2) is 78.9 Å². The van der Waals surface area contributed by atoms with Crippen molar-refractivity contribution in [1.82, 2.24) is 15.0 Å². The van der Waals surface area contributed by atoms with Crippen molar-refractivity contribution in [1.29, 1.82) is 0 Å². The maximum Gasteiger partial charge on any atom is 0.143 e. The Bertz CT molecular complexity index is 1300. The zero-order valence-electron chi connectivity index (χ0n) is 14.8. The Balaban J connectivity index is 1.62. The Hall–Kier alpha value is -3.66. The molecule has 0 aliphatic heterocycles. The Morgan fingerprint density at radius 3 is 2.33 bits per heavy atom. The first-order valence-corrected chi connectivity index (χ1v) is 8.84. The summed E-state index contributed by atoms with van der Waals surface area (Å²) >= 11 is 0. The zero-order valence-corrected chi connectivity index (χ0v) is 14.8. The molecular formula is C23H17N3O. The molecule has 0 aliphatic rings. The minimum atomic E-state index is 0.163. The quantitative estimate of drug-likeness (QED) is 0.472. The van der Waals surface area contributed by atoms with E-state index >= 15 is 0 Å². The van der Waals surface area contributed by atoms with Crippen molar-refractivity contribution in [3.8, 4) is 22.6 Å². The zero-order chi connectivity index (χ0) is 18.4. The third-order valence-corrected chi connectivity index (χ3v) is 4.81. The third-order valence-electron chi connectivity index (χ3n) is 4.81. The standard InChI is InChI=1S/C23H17N3O/c1-15-6-11-23(27)22(12-15)26-24-20-10-9-19(14-21(20)25-26)18-8-7-16-4-2-3-5-17(16)13-18/h2-14,27H,1H3. The SMILES string of the molecule is Cc1ccc(O)c(-n2nc3ccc(-c4ccc5ccccc5c4)cc3n2)c1. The Morgan fingerprint density at radius 2 is 1.44 bits per heavy atom. The molecule has 130 valence electrons. The highest BCUT2D eigenvalue weighted by molar-refractivity contribution is 5.89. The number of phenolic OH excluding ortho intramolecular Hbond substituents is 1. The molecule has 0 spiro atoms. The van der Waals surface area contributed by atoms with Gasteiger partial charge in [0.05, 0.1) is 0 Å². The summed E-state index contributed by atoms with van der Waals surface area (Å²) < 4.78 is 0. The number of hydrogen-bond donors (Lipinski definition) is 1. The van der Waals surface area contributed by atoms with E-state index in [0.29, 0.717) is 5.69 Å². The van der Waals surface area contributed by atoms with Gasteiger partial charge in [0.1, 0.15) is 22.5 Å². The van der Waals surface area contributed by atoms with Gasteiger partial charge in [0, 0.05) is 0 Å². The summed E-state index contributed by atoms with van der Waals surface area (Å²) in [7, 11) is 0.